The van der Waals surface area contributed by atoms with E-state index in [2.05, 4.69) is 11.4 Å². The maximum Gasteiger partial charge on any atom is 0.265 e. The highest BCUT2D eigenvalue weighted by Crippen LogP contribution is 2.26. The molecule has 4 nitrogen and oxygen atoms in total. The van der Waals surface area contributed by atoms with Crippen LogP contribution in [0.5, 0.6) is 11.5 Å². The van der Waals surface area contributed by atoms with Crippen molar-refractivity contribution in [1.29, 1.82) is 0 Å². The van der Waals surface area contributed by atoms with Gasteiger partial charge in [-0.15, -0.1) is 0 Å². The molecule has 0 spiro atoms. The van der Waals surface area contributed by atoms with E-state index in [1.807, 2.05) is 67.6 Å². The first kappa shape index (κ1) is 19.3. The molecule has 0 bridgehead atoms. The van der Waals surface area contributed by atoms with Gasteiger partial charge in [-0.3, -0.25) is 4.79 Å². The van der Waals surface area contributed by atoms with Crippen LogP contribution in [-0.2, 0) is 4.79 Å². The summed E-state index contributed by atoms with van der Waals surface area (Å²) in [7, 11) is 0. The van der Waals surface area contributed by atoms with E-state index in [1.54, 1.807) is 0 Å². The predicted octanol–water partition coefficient (Wildman–Crippen LogP) is 5.96. The van der Waals surface area contributed by atoms with Crippen molar-refractivity contribution in [2.24, 2.45) is 0 Å². The number of rotatable bonds is 7. The molecular weight excluding hydrogens is 362 g/mol. The molecule has 1 N–H and O–H groups in total. The summed E-state index contributed by atoms with van der Waals surface area (Å²) in [5.74, 6) is 1.41. The smallest absolute Gasteiger partial charge is 0.265 e. The monoisotopic (exact) mass is 389 g/mol. The van der Waals surface area contributed by atoms with Crippen molar-refractivity contribution in [1.82, 2.24) is 0 Å². The Morgan fingerprint density at radius 3 is 2.38 bits per heavy atom. The van der Waals surface area contributed by atoms with E-state index in [1.165, 1.54) is 12.8 Å². The Labute approximate surface area is 171 Å². The second-order valence-electron chi connectivity index (χ2n) is 7.56. The molecule has 1 aliphatic carbocycles. The van der Waals surface area contributed by atoms with Crippen LogP contribution in [0.15, 0.2) is 66.7 Å². The van der Waals surface area contributed by atoms with Gasteiger partial charge >= 0.3 is 0 Å². The number of hydrogen-bond acceptors (Lipinski definition) is 3. The zero-order valence-corrected chi connectivity index (χ0v) is 16.8. The molecular formula is C25H27NO3. The lowest BCUT2D eigenvalue weighted by atomic mass is 10.1. The molecule has 0 aliphatic heterocycles. The number of ether oxygens (including phenoxy) is 2. The van der Waals surface area contributed by atoms with Crippen molar-refractivity contribution < 1.29 is 14.3 Å². The van der Waals surface area contributed by atoms with E-state index in [9.17, 15) is 4.79 Å². The predicted molar refractivity (Wildman–Crippen MR) is 117 cm³/mol. The molecule has 3 aromatic rings. The molecule has 150 valence electrons. The highest BCUT2D eigenvalue weighted by Gasteiger charge is 2.19. The molecule has 0 radical (unpaired) electrons. The van der Waals surface area contributed by atoms with Crippen molar-refractivity contribution >= 4 is 22.4 Å². The van der Waals surface area contributed by atoms with Crippen LogP contribution >= 0.6 is 0 Å². The van der Waals surface area contributed by atoms with Crippen molar-refractivity contribution in [2.75, 3.05) is 5.32 Å². The first-order valence-corrected chi connectivity index (χ1v) is 10.4. The highest BCUT2D eigenvalue weighted by molar-refractivity contribution is 5.94. The first-order chi connectivity index (χ1) is 14.2. The third kappa shape index (κ3) is 4.89. The Balaban J connectivity index is 1.37. The molecule has 1 atom stereocenters. The van der Waals surface area contributed by atoms with Crippen molar-refractivity contribution in [3.63, 3.8) is 0 Å². The number of carbonyl (C=O) groups is 1. The summed E-state index contributed by atoms with van der Waals surface area (Å²) in [6, 6.07) is 21.6. The summed E-state index contributed by atoms with van der Waals surface area (Å²) < 4.78 is 12.0. The second-order valence-corrected chi connectivity index (χ2v) is 7.56. The van der Waals surface area contributed by atoms with Crippen molar-refractivity contribution in [3.8, 4) is 11.5 Å². The number of fused-ring (bicyclic) bond motifs is 1. The first-order valence-electron chi connectivity index (χ1n) is 10.4. The van der Waals surface area contributed by atoms with Gasteiger partial charge in [-0.1, -0.05) is 37.3 Å². The summed E-state index contributed by atoms with van der Waals surface area (Å²) in [5, 5.41) is 5.20. The number of carbonyl (C=O) groups excluding carboxylic acids is 1. The fourth-order valence-electron chi connectivity index (χ4n) is 3.77. The van der Waals surface area contributed by atoms with Crippen molar-refractivity contribution in [2.45, 2.75) is 51.2 Å². The quantitative estimate of drug-likeness (QED) is 0.542. The molecule has 1 aliphatic rings. The van der Waals surface area contributed by atoms with Gasteiger partial charge in [0, 0.05) is 5.69 Å². The standard InChI is InChI=1S/C25H27NO3/c1-2-24(29-23-14-11-18-7-3-4-8-19(18)17-23)25(27)26-20-12-15-22(16-13-20)28-21-9-5-6-10-21/h3-4,7-8,11-17,21,24H,2,5-6,9-10H2,1H3,(H,26,27)/t24-/m0/s1. The van der Waals surface area contributed by atoms with E-state index in [0.717, 1.165) is 35.1 Å². The van der Waals surface area contributed by atoms with Crippen LogP contribution in [0.1, 0.15) is 39.0 Å². The van der Waals surface area contributed by atoms with Gasteiger partial charge in [0.05, 0.1) is 6.10 Å². The van der Waals surface area contributed by atoms with E-state index in [4.69, 9.17) is 9.47 Å². The van der Waals surface area contributed by atoms with Gasteiger partial charge in [-0.25, -0.2) is 0 Å². The Kier molecular flexibility index (Phi) is 5.99. The van der Waals surface area contributed by atoms with Gasteiger partial charge in [-0.2, -0.15) is 0 Å². The Bertz CT molecular complexity index is 961. The van der Waals surface area contributed by atoms with Gasteiger partial charge in [0.25, 0.3) is 5.91 Å². The molecule has 0 heterocycles. The lowest BCUT2D eigenvalue weighted by Gasteiger charge is -2.18. The molecule has 0 saturated heterocycles. The maximum absolute atomic E-state index is 12.7. The van der Waals surface area contributed by atoms with Gasteiger partial charge in [-0.05, 0) is 79.3 Å². The summed E-state index contributed by atoms with van der Waals surface area (Å²) >= 11 is 0. The molecule has 0 unspecified atom stereocenters. The van der Waals surface area contributed by atoms with E-state index >= 15 is 0 Å². The van der Waals surface area contributed by atoms with Crippen LogP contribution in [0, 0.1) is 0 Å². The summed E-state index contributed by atoms with van der Waals surface area (Å²) in [4.78, 5) is 12.7. The fraction of sp³-hybridized carbons (Fsp3) is 0.320. The van der Waals surface area contributed by atoms with Gasteiger partial charge in [0.15, 0.2) is 6.10 Å². The van der Waals surface area contributed by atoms with Crippen LogP contribution < -0.4 is 14.8 Å². The lowest BCUT2D eigenvalue weighted by molar-refractivity contribution is -0.122. The zero-order chi connectivity index (χ0) is 20.1. The zero-order valence-electron chi connectivity index (χ0n) is 16.8. The van der Waals surface area contributed by atoms with Crippen LogP contribution in [-0.4, -0.2) is 18.1 Å². The fourth-order valence-corrected chi connectivity index (χ4v) is 3.77. The largest absolute Gasteiger partial charge is 0.490 e. The third-order valence-corrected chi connectivity index (χ3v) is 5.39. The van der Waals surface area contributed by atoms with Crippen LogP contribution in [0.25, 0.3) is 10.8 Å². The Hall–Kier alpha value is -3.01. The van der Waals surface area contributed by atoms with Gasteiger partial charge in [0.1, 0.15) is 11.5 Å². The minimum atomic E-state index is -0.550. The van der Waals surface area contributed by atoms with E-state index < -0.39 is 6.10 Å². The lowest BCUT2D eigenvalue weighted by Crippen LogP contribution is -2.32. The summed E-state index contributed by atoms with van der Waals surface area (Å²) in [6.45, 7) is 1.95. The number of nitrogens with one attached hydrogen (secondary N) is 1. The third-order valence-electron chi connectivity index (χ3n) is 5.39. The molecule has 3 aromatic carbocycles. The molecule has 4 heteroatoms. The minimum absolute atomic E-state index is 0.148. The number of benzene rings is 3. The van der Waals surface area contributed by atoms with Gasteiger partial charge in [0.2, 0.25) is 0 Å². The molecule has 1 fully saturated rings. The maximum atomic E-state index is 12.7. The topological polar surface area (TPSA) is 47.6 Å². The van der Waals surface area contributed by atoms with Crippen LogP contribution in [0.4, 0.5) is 5.69 Å². The Morgan fingerprint density at radius 2 is 1.66 bits per heavy atom. The van der Waals surface area contributed by atoms with Gasteiger partial charge < -0.3 is 14.8 Å². The molecule has 1 amide bonds. The van der Waals surface area contributed by atoms with E-state index in [0.29, 0.717) is 18.3 Å². The van der Waals surface area contributed by atoms with E-state index in [-0.39, 0.29) is 5.91 Å². The average Bonchev–Trinajstić information content (AvgIpc) is 3.26. The van der Waals surface area contributed by atoms with Crippen molar-refractivity contribution in [3.05, 3.63) is 66.7 Å². The normalized spacial score (nSPS) is 15.2. The molecule has 0 aromatic heterocycles. The minimum Gasteiger partial charge on any atom is -0.490 e. The second kappa shape index (κ2) is 8.99. The number of anilines is 1. The molecule has 29 heavy (non-hydrogen) atoms. The SMILES string of the molecule is CC[C@H](Oc1ccc2ccccc2c1)C(=O)Nc1ccc(OC2CCCC2)cc1. The Morgan fingerprint density at radius 1 is 0.966 bits per heavy atom. The molecule has 1 saturated carbocycles. The summed E-state index contributed by atoms with van der Waals surface area (Å²) in [5.41, 5.74) is 0.745. The molecule has 4 rings (SSSR count). The summed E-state index contributed by atoms with van der Waals surface area (Å²) in [6.07, 6.45) is 5.11. The van der Waals surface area contributed by atoms with Crippen LogP contribution in [0.2, 0.25) is 0 Å². The number of hydrogen-bond donors (Lipinski definition) is 1. The highest BCUT2D eigenvalue weighted by atomic mass is 16.5. The van der Waals surface area contributed by atoms with Crippen LogP contribution in [0.3, 0.4) is 0 Å². The average molecular weight is 389 g/mol. The number of amides is 1.